The summed E-state index contributed by atoms with van der Waals surface area (Å²) in [6.45, 7) is 8.12. The van der Waals surface area contributed by atoms with Gasteiger partial charge in [-0.2, -0.15) is 0 Å². The van der Waals surface area contributed by atoms with Crippen molar-refractivity contribution >= 4 is 11.9 Å². The summed E-state index contributed by atoms with van der Waals surface area (Å²) in [7, 11) is 0. The predicted octanol–water partition coefficient (Wildman–Crippen LogP) is 3.69. The molecule has 0 atom stereocenters. The molecule has 0 aliphatic heterocycles. The van der Waals surface area contributed by atoms with Crippen LogP contribution in [-0.4, -0.2) is 78.0 Å². The van der Waals surface area contributed by atoms with Gasteiger partial charge in [0.1, 0.15) is 6.61 Å². The first-order valence-electron chi connectivity index (χ1n) is 11.8. The quantitative estimate of drug-likeness (QED) is 0.163. The third-order valence-corrected chi connectivity index (χ3v) is 4.35. The normalized spacial score (nSPS) is 10.9. The predicted molar refractivity (Wildman–Crippen MR) is 118 cm³/mol. The monoisotopic (exact) mass is 448 g/mol. The molecule has 31 heavy (non-hydrogen) atoms. The summed E-state index contributed by atoms with van der Waals surface area (Å²) in [5.74, 6) is -0.392. The molecule has 0 aromatic carbocycles. The molecular formula is C23H44O8. The second kappa shape index (κ2) is 25.0. The highest BCUT2D eigenvalue weighted by Crippen LogP contribution is 2.08. The van der Waals surface area contributed by atoms with E-state index in [0.29, 0.717) is 65.9 Å². The molecule has 8 nitrogen and oxygen atoms in total. The van der Waals surface area contributed by atoms with Gasteiger partial charge in [-0.05, 0) is 13.3 Å². The van der Waals surface area contributed by atoms with Crippen molar-refractivity contribution in [2.24, 2.45) is 0 Å². The third kappa shape index (κ3) is 24.9. The van der Waals surface area contributed by atoms with Crippen LogP contribution >= 0.6 is 0 Å². The van der Waals surface area contributed by atoms with Gasteiger partial charge in [0, 0.05) is 6.42 Å². The van der Waals surface area contributed by atoms with Crippen molar-refractivity contribution in [3.05, 3.63) is 0 Å². The topological polar surface area (TPSA) is 89.5 Å². The van der Waals surface area contributed by atoms with Gasteiger partial charge in [-0.15, -0.1) is 0 Å². The second-order valence-corrected chi connectivity index (χ2v) is 7.10. The van der Waals surface area contributed by atoms with Crippen LogP contribution in [-0.2, 0) is 38.0 Å². The van der Waals surface area contributed by atoms with E-state index >= 15 is 0 Å². The molecule has 0 aliphatic rings. The van der Waals surface area contributed by atoms with E-state index in [1.807, 2.05) is 0 Å². The summed E-state index contributed by atoms with van der Waals surface area (Å²) in [6, 6.07) is 0. The summed E-state index contributed by atoms with van der Waals surface area (Å²) in [6.07, 6.45) is 9.07. The zero-order valence-corrected chi connectivity index (χ0v) is 19.7. The Bertz CT molecular complexity index is 403. The van der Waals surface area contributed by atoms with Gasteiger partial charge in [0.2, 0.25) is 0 Å². The van der Waals surface area contributed by atoms with E-state index in [0.717, 1.165) is 12.8 Å². The van der Waals surface area contributed by atoms with E-state index in [-0.39, 0.29) is 25.0 Å². The number of carbonyl (C=O) groups excluding carboxylic acids is 2. The molecule has 0 radical (unpaired) electrons. The maximum absolute atomic E-state index is 11.6. The number of hydrogen-bond acceptors (Lipinski definition) is 8. The van der Waals surface area contributed by atoms with E-state index in [2.05, 4.69) is 6.92 Å². The maximum atomic E-state index is 11.6. The molecule has 0 fully saturated rings. The van der Waals surface area contributed by atoms with Crippen LogP contribution in [0.25, 0.3) is 0 Å². The van der Waals surface area contributed by atoms with Crippen LogP contribution in [0.1, 0.15) is 71.6 Å². The first-order valence-corrected chi connectivity index (χ1v) is 11.8. The minimum atomic E-state index is -0.249. The van der Waals surface area contributed by atoms with Gasteiger partial charge < -0.3 is 28.4 Å². The Balaban J connectivity index is 3.16. The lowest BCUT2D eigenvalue weighted by Gasteiger charge is -2.08. The van der Waals surface area contributed by atoms with Crippen molar-refractivity contribution in [2.75, 3.05) is 66.1 Å². The molecule has 0 saturated carbocycles. The first kappa shape index (κ1) is 29.8. The Morgan fingerprint density at radius 3 is 1.48 bits per heavy atom. The first-order chi connectivity index (χ1) is 15.2. The summed E-state index contributed by atoms with van der Waals surface area (Å²) in [5.41, 5.74) is 0. The second-order valence-electron chi connectivity index (χ2n) is 7.10. The van der Waals surface area contributed by atoms with E-state index in [4.69, 9.17) is 28.4 Å². The largest absolute Gasteiger partial charge is 0.466 e. The van der Waals surface area contributed by atoms with E-state index in [1.165, 1.54) is 32.1 Å². The molecule has 0 aromatic heterocycles. The van der Waals surface area contributed by atoms with Crippen molar-refractivity contribution in [3.63, 3.8) is 0 Å². The molecule has 0 aromatic rings. The fourth-order valence-electron chi connectivity index (χ4n) is 2.66. The highest BCUT2D eigenvalue weighted by Gasteiger charge is 2.03. The fraction of sp³-hybridized carbons (Fsp3) is 0.913. The number of hydrogen-bond donors (Lipinski definition) is 0. The van der Waals surface area contributed by atoms with Crippen LogP contribution in [0.4, 0.5) is 0 Å². The Hall–Kier alpha value is -1.22. The minimum absolute atomic E-state index is 0.143. The molecule has 0 aliphatic carbocycles. The SMILES string of the molecule is CCCCCCCCCC(=O)OCCOCCOCCOCCOCCC(=O)OCC. The molecule has 8 heteroatoms. The van der Waals surface area contributed by atoms with Gasteiger partial charge in [-0.25, -0.2) is 0 Å². The zero-order chi connectivity index (χ0) is 22.8. The molecule has 0 amide bonds. The van der Waals surface area contributed by atoms with E-state index in [9.17, 15) is 9.59 Å². The number of esters is 2. The van der Waals surface area contributed by atoms with E-state index in [1.54, 1.807) is 6.92 Å². The molecular weight excluding hydrogens is 404 g/mol. The molecule has 0 rings (SSSR count). The average Bonchev–Trinajstić information content (AvgIpc) is 2.76. The summed E-state index contributed by atoms with van der Waals surface area (Å²) >= 11 is 0. The molecule has 0 saturated heterocycles. The average molecular weight is 449 g/mol. The minimum Gasteiger partial charge on any atom is -0.466 e. The van der Waals surface area contributed by atoms with Gasteiger partial charge in [0.05, 0.1) is 65.9 Å². The Morgan fingerprint density at radius 2 is 0.935 bits per heavy atom. The molecule has 0 heterocycles. The highest BCUT2D eigenvalue weighted by molar-refractivity contribution is 5.69. The maximum Gasteiger partial charge on any atom is 0.308 e. The third-order valence-electron chi connectivity index (χ3n) is 4.35. The lowest BCUT2D eigenvalue weighted by Crippen LogP contribution is -2.15. The fourth-order valence-corrected chi connectivity index (χ4v) is 2.66. The number of unbranched alkanes of at least 4 members (excludes halogenated alkanes) is 6. The van der Waals surface area contributed by atoms with Gasteiger partial charge in [-0.3, -0.25) is 9.59 Å². The molecule has 0 spiro atoms. The van der Waals surface area contributed by atoms with Crippen LogP contribution in [0.3, 0.4) is 0 Å². The van der Waals surface area contributed by atoms with Crippen LogP contribution in [0.5, 0.6) is 0 Å². The lowest BCUT2D eigenvalue weighted by atomic mass is 10.1. The summed E-state index contributed by atoms with van der Waals surface area (Å²) < 4.78 is 31.3. The van der Waals surface area contributed by atoms with Crippen LogP contribution in [0.2, 0.25) is 0 Å². The zero-order valence-electron chi connectivity index (χ0n) is 19.7. The van der Waals surface area contributed by atoms with Crippen molar-refractivity contribution in [2.45, 2.75) is 71.6 Å². The van der Waals surface area contributed by atoms with Crippen molar-refractivity contribution in [1.29, 1.82) is 0 Å². The highest BCUT2D eigenvalue weighted by atomic mass is 16.6. The smallest absolute Gasteiger partial charge is 0.308 e. The molecule has 0 bridgehead atoms. The van der Waals surface area contributed by atoms with Gasteiger partial charge in [-0.1, -0.05) is 45.4 Å². The van der Waals surface area contributed by atoms with Crippen LogP contribution in [0, 0.1) is 0 Å². The van der Waals surface area contributed by atoms with Crippen LogP contribution < -0.4 is 0 Å². The number of rotatable bonds is 24. The Morgan fingerprint density at radius 1 is 0.484 bits per heavy atom. The molecule has 0 unspecified atom stereocenters. The number of carbonyl (C=O) groups is 2. The summed E-state index contributed by atoms with van der Waals surface area (Å²) in [4.78, 5) is 22.7. The van der Waals surface area contributed by atoms with Crippen molar-refractivity contribution < 1.29 is 38.0 Å². The lowest BCUT2D eigenvalue weighted by molar-refractivity contribution is -0.146. The van der Waals surface area contributed by atoms with Crippen molar-refractivity contribution in [1.82, 2.24) is 0 Å². The molecule has 184 valence electrons. The van der Waals surface area contributed by atoms with Gasteiger partial charge >= 0.3 is 11.9 Å². The Kier molecular flexibility index (Phi) is 24.1. The number of ether oxygens (including phenoxy) is 6. The standard InChI is InChI=1S/C23H44O8/c1-3-5-6-7-8-9-10-11-22(24)31-21-20-29-19-18-28-17-16-27-15-14-26-13-12-23(25)30-4-2/h3-21H2,1-2H3. The van der Waals surface area contributed by atoms with E-state index < -0.39 is 0 Å². The molecule has 0 N–H and O–H groups in total. The summed E-state index contributed by atoms with van der Waals surface area (Å²) in [5, 5.41) is 0. The van der Waals surface area contributed by atoms with Gasteiger partial charge in [0.15, 0.2) is 0 Å². The van der Waals surface area contributed by atoms with Crippen molar-refractivity contribution in [3.8, 4) is 0 Å². The van der Waals surface area contributed by atoms with Crippen LogP contribution in [0.15, 0.2) is 0 Å². The van der Waals surface area contributed by atoms with Gasteiger partial charge in [0.25, 0.3) is 0 Å². The Labute approximate surface area is 188 Å².